The van der Waals surface area contributed by atoms with Crippen molar-refractivity contribution in [2.24, 2.45) is 0 Å². The second-order valence-electron chi connectivity index (χ2n) is 5.18. The zero-order valence-electron chi connectivity index (χ0n) is 17.2. The van der Waals surface area contributed by atoms with Gasteiger partial charge in [0.2, 0.25) is 0 Å². The van der Waals surface area contributed by atoms with E-state index in [1.807, 2.05) is 6.92 Å². The van der Waals surface area contributed by atoms with Crippen LogP contribution in [-0.4, -0.2) is 22.3 Å². The molecule has 122 valence electrons. The lowest BCUT2D eigenvalue weighted by atomic mass is 10.1. The van der Waals surface area contributed by atoms with Crippen molar-refractivity contribution in [2.75, 3.05) is 0 Å². The molecule has 0 aromatic rings. The molecule has 0 fully saturated rings. The molecular formula is C18H32O3. The summed E-state index contributed by atoms with van der Waals surface area (Å²) in [5, 5.41) is 18.5. The van der Waals surface area contributed by atoms with E-state index in [1.54, 1.807) is 0 Å². The Balaban J connectivity index is 4.29. The standard InChI is InChI=1S/C18H32O3/c1-2-3-11-14-17(19)15-12-9-7-5-4-6-8-10-13-16-18(20)21/h7,9,12,15,17,19H,2-6,8,10-11,13-14,16H2,1H3,(H,20,21)/b9-7+,15-12+/i7D,9D,15D,17D. The van der Waals surface area contributed by atoms with Crippen LogP contribution in [0.25, 0.3) is 0 Å². The van der Waals surface area contributed by atoms with Crippen molar-refractivity contribution in [2.45, 2.75) is 83.6 Å². The minimum Gasteiger partial charge on any atom is -0.481 e. The van der Waals surface area contributed by atoms with Gasteiger partial charge in [0.15, 0.2) is 0 Å². The first-order valence-electron chi connectivity index (χ1n) is 10.00. The van der Waals surface area contributed by atoms with Gasteiger partial charge in [-0.3, -0.25) is 4.79 Å². The summed E-state index contributed by atoms with van der Waals surface area (Å²) in [5.41, 5.74) is 0. The number of hydrogen-bond acceptors (Lipinski definition) is 2. The van der Waals surface area contributed by atoms with E-state index < -0.39 is 12.0 Å². The Morgan fingerprint density at radius 1 is 1.19 bits per heavy atom. The van der Waals surface area contributed by atoms with E-state index in [0.29, 0.717) is 19.3 Å². The second kappa shape index (κ2) is 15.3. The first kappa shape index (κ1) is 13.6. The molecule has 2 N–H and O–H groups in total. The van der Waals surface area contributed by atoms with Crippen LogP contribution in [0.4, 0.5) is 0 Å². The predicted octanol–water partition coefficient (Wildman–Crippen LogP) is 4.86. The zero-order valence-corrected chi connectivity index (χ0v) is 13.2. The summed E-state index contributed by atoms with van der Waals surface area (Å²) in [4.78, 5) is 10.4. The van der Waals surface area contributed by atoms with Gasteiger partial charge in [-0.1, -0.05) is 69.7 Å². The maximum atomic E-state index is 10.4. The Labute approximate surface area is 135 Å². The van der Waals surface area contributed by atoms with Gasteiger partial charge < -0.3 is 10.2 Å². The van der Waals surface area contributed by atoms with Crippen LogP contribution in [0.15, 0.2) is 24.2 Å². The molecule has 3 heteroatoms. The maximum absolute atomic E-state index is 10.4. The van der Waals surface area contributed by atoms with Crippen LogP contribution in [0.3, 0.4) is 0 Å². The van der Waals surface area contributed by atoms with E-state index >= 15 is 0 Å². The Hall–Kier alpha value is -1.09. The SMILES string of the molecule is [2H]/C(=C\C([2H])=C(/[2H])CCCCCCCC(=O)O)C([2H])(O)CCCCC. The number of rotatable bonds is 14. The van der Waals surface area contributed by atoms with Gasteiger partial charge in [0.05, 0.1) is 11.6 Å². The summed E-state index contributed by atoms with van der Waals surface area (Å²) in [7, 11) is 0. The number of carboxylic acids is 1. The predicted molar refractivity (Wildman–Crippen MR) is 88.4 cm³/mol. The molecule has 0 radical (unpaired) electrons. The summed E-state index contributed by atoms with van der Waals surface area (Å²) >= 11 is 0. The van der Waals surface area contributed by atoms with Crippen molar-refractivity contribution in [1.82, 2.24) is 0 Å². The molecule has 3 nitrogen and oxygen atoms in total. The lowest BCUT2D eigenvalue weighted by molar-refractivity contribution is -0.137. The smallest absolute Gasteiger partial charge is 0.303 e. The Kier molecular flexibility index (Phi) is 9.88. The highest BCUT2D eigenvalue weighted by Gasteiger charge is 1.97. The average molecular weight is 300 g/mol. The van der Waals surface area contributed by atoms with Gasteiger partial charge in [-0.15, -0.1) is 0 Å². The number of hydrogen-bond donors (Lipinski definition) is 2. The van der Waals surface area contributed by atoms with Crippen molar-refractivity contribution in [3.05, 3.63) is 24.2 Å². The first-order valence-corrected chi connectivity index (χ1v) is 8.00. The lowest BCUT2D eigenvalue weighted by Crippen LogP contribution is -2.00. The first-order chi connectivity index (χ1) is 11.7. The fraction of sp³-hybridized carbons (Fsp3) is 0.722. The van der Waals surface area contributed by atoms with Gasteiger partial charge in [-0.2, -0.15) is 0 Å². The van der Waals surface area contributed by atoms with E-state index in [1.165, 1.54) is 0 Å². The van der Waals surface area contributed by atoms with Gasteiger partial charge in [0, 0.05) is 6.42 Å². The minimum absolute atomic E-state index is 0.0969. The summed E-state index contributed by atoms with van der Waals surface area (Å²) in [6, 6.07) is -0.372. The third kappa shape index (κ3) is 16.9. The number of aliphatic carboxylic acids is 1. The molecule has 0 amide bonds. The minimum atomic E-state index is -1.99. The molecule has 0 aliphatic heterocycles. The van der Waals surface area contributed by atoms with Gasteiger partial charge in [0.25, 0.3) is 0 Å². The Bertz CT molecular complexity index is 459. The molecule has 0 aliphatic rings. The van der Waals surface area contributed by atoms with Crippen molar-refractivity contribution in [3.8, 4) is 0 Å². The quantitative estimate of drug-likeness (QED) is 0.356. The highest BCUT2D eigenvalue weighted by Crippen LogP contribution is 2.08. The number of aliphatic hydroxyl groups is 1. The van der Waals surface area contributed by atoms with Crippen LogP contribution in [0.2, 0.25) is 0 Å². The van der Waals surface area contributed by atoms with Crippen molar-refractivity contribution < 1.29 is 20.5 Å². The number of carbonyl (C=O) groups is 1. The molecule has 0 heterocycles. The van der Waals surface area contributed by atoms with Crippen molar-refractivity contribution in [1.29, 1.82) is 0 Å². The van der Waals surface area contributed by atoms with Crippen LogP contribution >= 0.6 is 0 Å². The molecule has 1 unspecified atom stereocenters. The highest BCUT2D eigenvalue weighted by molar-refractivity contribution is 5.66. The van der Waals surface area contributed by atoms with E-state index in [9.17, 15) is 9.90 Å². The van der Waals surface area contributed by atoms with Crippen LogP contribution < -0.4 is 0 Å². The van der Waals surface area contributed by atoms with Gasteiger partial charge >= 0.3 is 5.97 Å². The zero-order chi connectivity index (χ0) is 19.3. The fourth-order valence-corrected chi connectivity index (χ4v) is 1.88. The molecule has 0 aliphatic carbocycles. The third-order valence-electron chi connectivity index (χ3n) is 3.12. The van der Waals surface area contributed by atoms with E-state index in [4.69, 9.17) is 10.6 Å². The summed E-state index contributed by atoms with van der Waals surface area (Å²) in [6.07, 6.45) is 6.37. The highest BCUT2D eigenvalue weighted by atomic mass is 16.4. The van der Waals surface area contributed by atoms with E-state index in [-0.39, 0.29) is 31.0 Å². The van der Waals surface area contributed by atoms with Gasteiger partial charge in [0.1, 0.15) is 0 Å². The number of unbranched alkanes of at least 4 members (excludes halogenated alkanes) is 6. The summed E-state index contributed by atoms with van der Waals surface area (Å²) < 4.78 is 31.3. The summed E-state index contributed by atoms with van der Waals surface area (Å²) in [6.45, 7) is 2.02. The maximum Gasteiger partial charge on any atom is 0.303 e. The molecule has 0 saturated carbocycles. The van der Waals surface area contributed by atoms with Gasteiger partial charge in [-0.25, -0.2) is 0 Å². The molecule has 0 aromatic carbocycles. The Morgan fingerprint density at radius 3 is 2.62 bits per heavy atom. The Morgan fingerprint density at radius 2 is 1.90 bits per heavy atom. The van der Waals surface area contributed by atoms with Gasteiger partial charge in [-0.05, 0) is 25.7 Å². The summed E-state index contributed by atoms with van der Waals surface area (Å²) in [5.74, 6) is -0.780. The molecule has 0 spiro atoms. The topological polar surface area (TPSA) is 57.5 Å². The average Bonchev–Trinajstić information content (AvgIpc) is 2.53. The molecule has 0 bridgehead atoms. The number of carboxylic acid groups (broad SMARTS) is 1. The molecular weight excluding hydrogens is 264 g/mol. The fourth-order valence-electron chi connectivity index (χ4n) is 1.88. The molecule has 0 rings (SSSR count). The largest absolute Gasteiger partial charge is 0.481 e. The van der Waals surface area contributed by atoms with E-state index in [0.717, 1.165) is 44.6 Å². The normalized spacial score (nSPS) is 18.9. The third-order valence-corrected chi connectivity index (χ3v) is 3.12. The van der Waals surface area contributed by atoms with Crippen LogP contribution in [0, 0.1) is 0 Å². The monoisotopic (exact) mass is 300 g/mol. The van der Waals surface area contributed by atoms with E-state index in [2.05, 4.69) is 0 Å². The molecule has 0 saturated heterocycles. The van der Waals surface area contributed by atoms with Crippen molar-refractivity contribution >= 4 is 5.97 Å². The van der Waals surface area contributed by atoms with Crippen LogP contribution in [0.5, 0.6) is 0 Å². The number of allylic oxidation sites excluding steroid dienone is 3. The molecule has 21 heavy (non-hydrogen) atoms. The second-order valence-corrected chi connectivity index (χ2v) is 5.18. The lowest BCUT2D eigenvalue weighted by Gasteiger charge is -2.03. The molecule has 1 atom stereocenters. The van der Waals surface area contributed by atoms with Crippen molar-refractivity contribution in [3.63, 3.8) is 0 Å². The van der Waals surface area contributed by atoms with Crippen LogP contribution in [-0.2, 0) is 4.79 Å². The molecule has 0 aromatic heterocycles. The van der Waals surface area contributed by atoms with Crippen LogP contribution in [0.1, 0.15) is 83.0 Å².